The minimum absolute atomic E-state index is 0.135. The van der Waals surface area contributed by atoms with Crippen LogP contribution < -0.4 is 18.9 Å². The highest BCUT2D eigenvalue weighted by Crippen LogP contribution is 2.35. The van der Waals surface area contributed by atoms with Crippen molar-refractivity contribution >= 4 is 22.6 Å². The van der Waals surface area contributed by atoms with E-state index in [1.807, 2.05) is 36.4 Å². The molecule has 0 fully saturated rings. The van der Waals surface area contributed by atoms with Crippen molar-refractivity contribution in [3.63, 3.8) is 0 Å². The smallest absolute Gasteiger partial charge is 0.342 e. The first-order valence-corrected chi connectivity index (χ1v) is 10.2. The molecule has 3 aromatic carbocycles. The van der Waals surface area contributed by atoms with Crippen LogP contribution in [0.2, 0.25) is 0 Å². The van der Waals surface area contributed by atoms with E-state index in [2.05, 4.69) is 0 Å². The van der Waals surface area contributed by atoms with E-state index in [1.54, 1.807) is 14.2 Å². The van der Waals surface area contributed by atoms with E-state index in [0.29, 0.717) is 18.0 Å². The number of benzene rings is 3. The zero-order chi connectivity index (χ0) is 24.0. The molecular formula is C25H27NO7. The summed E-state index contributed by atoms with van der Waals surface area (Å²) in [6, 6.07) is 14.7. The average molecular weight is 453 g/mol. The van der Waals surface area contributed by atoms with Gasteiger partial charge in [0.15, 0.2) is 18.1 Å². The van der Waals surface area contributed by atoms with E-state index < -0.39 is 12.6 Å². The molecule has 1 amide bonds. The SMILES string of the molecule is COc1ccc2cc(CN(C)C(=O)COC(=O)c3cc(OC)c(OC)cc3OC)ccc2c1. The summed E-state index contributed by atoms with van der Waals surface area (Å²) < 4.78 is 26.2. The molecule has 3 rings (SSSR count). The molecule has 8 nitrogen and oxygen atoms in total. The number of likely N-dealkylation sites (N-methyl/N-ethyl adjacent to an activating group) is 1. The van der Waals surface area contributed by atoms with Gasteiger partial charge in [-0.1, -0.05) is 18.2 Å². The molecule has 0 N–H and O–H groups in total. The summed E-state index contributed by atoms with van der Waals surface area (Å²) in [7, 11) is 7.66. The van der Waals surface area contributed by atoms with Gasteiger partial charge >= 0.3 is 5.97 Å². The largest absolute Gasteiger partial charge is 0.497 e. The molecule has 0 radical (unpaired) electrons. The van der Waals surface area contributed by atoms with E-state index in [-0.39, 0.29) is 17.2 Å². The van der Waals surface area contributed by atoms with Crippen LogP contribution in [0, 0.1) is 0 Å². The van der Waals surface area contributed by atoms with Crippen molar-refractivity contribution in [2.75, 3.05) is 42.1 Å². The Morgan fingerprint density at radius 1 is 0.758 bits per heavy atom. The number of hydrogen-bond donors (Lipinski definition) is 0. The molecule has 0 aliphatic carbocycles. The second-order valence-electron chi connectivity index (χ2n) is 7.28. The third-order valence-corrected chi connectivity index (χ3v) is 5.21. The Kier molecular flexibility index (Phi) is 7.61. The number of carbonyl (C=O) groups excluding carboxylic acids is 2. The molecule has 174 valence electrons. The lowest BCUT2D eigenvalue weighted by Crippen LogP contribution is -2.30. The Labute approximate surface area is 192 Å². The molecule has 0 atom stereocenters. The number of esters is 1. The number of amides is 1. The van der Waals surface area contributed by atoms with Crippen LogP contribution in [-0.2, 0) is 16.1 Å². The summed E-state index contributed by atoms with van der Waals surface area (Å²) in [5, 5.41) is 2.09. The van der Waals surface area contributed by atoms with Gasteiger partial charge in [-0.3, -0.25) is 4.79 Å². The fraction of sp³-hybridized carbons (Fsp3) is 0.280. The summed E-state index contributed by atoms with van der Waals surface area (Å²) in [5.74, 6) is 0.770. The third-order valence-electron chi connectivity index (χ3n) is 5.21. The summed E-state index contributed by atoms with van der Waals surface area (Å²) in [4.78, 5) is 26.7. The van der Waals surface area contributed by atoms with Gasteiger partial charge in [0.2, 0.25) is 0 Å². The van der Waals surface area contributed by atoms with Crippen LogP contribution in [0.4, 0.5) is 0 Å². The zero-order valence-electron chi connectivity index (χ0n) is 19.3. The Balaban J connectivity index is 1.64. The number of carbonyl (C=O) groups is 2. The highest BCUT2D eigenvalue weighted by molar-refractivity contribution is 5.95. The maximum atomic E-state index is 12.6. The normalized spacial score (nSPS) is 10.5. The van der Waals surface area contributed by atoms with Crippen LogP contribution in [0.25, 0.3) is 10.8 Å². The molecule has 0 bridgehead atoms. The molecule has 0 aliphatic rings. The highest BCUT2D eigenvalue weighted by Gasteiger charge is 2.21. The quantitative estimate of drug-likeness (QED) is 0.457. The topological polar surface area (TPSA) is 83.5 Å². The number of methoxy groups -OCH3 is 4. The van der Waals surface area contributed by atoms with Crippen molar-refractivity contribution in [3.8, 4) is 23.0 Å². The Bertz CT molecular complexity index is 1160. The molecule has 0 heterocycles. The first-order chi connectivity index (χ1) is 15.9. The second-order valence-corrected chi connectivity index (χ2v) is 7.28. The molecule has 0 saturated carbocycles. The molecule has 3 aromatic rings. The zero-order valence-corrected chi connectivity index (χ0v) is 19.3. The lowest BCUT2D eigenvalue weighted by atomic mass is 10.1. The molecule has 0 unspecified atom stereocenters. The van der Waals surface area contributed by atoms with Crippen molar-refractivity contribution in [2.24, 2.45) is 0 Å². The van der Waals surface area contributed by atoms with Gasteiger partial charge in [0.05, 0.1) is 28.4 Å². The Morgan fingerprint density at radius 2 is 1.39 bits per heavy atom. The lowest BCUT2D eigenvalue weighted by Gasteiger charge is -2.18. The molecular weight excluding hydrogens is 426 g/mol. The summed E-state index contributed by atoms with van der Waals surface area (Å²) in [6.45, 7) is -0.0321. The van der Waals surface area contributed by atoms with Crippen molar-refractivity contribution in [1.29, 1.82) is 0 Å². The first-order valence-electron chi connectivity index (χ1n) is 10.2. The predicted octanol–water partition coefficient (Wildman–Crippen LogP) is 3.69. The standard InChI is InChI=1S/C25H27NO7/c1-26(14-16-6-7-18-11-19(29-2)9-8-17(18)10-16)24(27)15-33-25(28)20-12-22(31-4)23(32-5)13-21(20)30-3/h6-13H,14-15H2,1-5H3. The van der Waals surface area contributed by atoms with E-state index >= 15 is 0 Å². The van der Waals surface area contributed by atoms with Gasteiger partial charge in [-0.25, -0.2) is 4.79 Å². The summed E-state index contributed by atoms with van der Waals surface area (Å²) in [6.07, 6.45) is 0. The fourth-order valence-corrected chi connectivity index (χ4v) is 3.36. The number of hydrogen-bond acceptors (Lipinski definition) is 7. The van der Waals surface area contributed by atoms with Gasteiger partial charge < -0.3 is 28.6 Å². The van der Waals surface area contributed by atoms with Crippen molar-refractivity contribution < 1.29 is 33.3 Å². The van der Waals surface area contributed by atoms with Crippen LogP contribution in [0.3, 0.4) is 0 Å². The van der Waals surface area contributed by atoms with Crippen molar-refractivity contribution in [1.82, 2.24) is 4.90 Å². The van der Waals surface area contributed by atoms with Gasteiger partial charge in [0.1, 0.15) is 17.1 Å². The minimum atomic E-state index is -0.700. The monoisotopic (exact) mass is 453 g/mol. The van der Waals surface area contributed by atoms with Crippen LogP contribution >= 0.6 is 0 Å². The maximum Gasteiger partial charge on any atom is 0.342 e. The van der Waals surface area contributed by atoms with Gasteiger partial charge in [0.25, 0.3) is 5.91 Å². The van der Waals surface area contributed by atoms with Gasteiger partial charge in [0, 0.05) is 25.7 Å². The number of rotatable bonds is 9. The first kappa shape index (κ1) is 23.7. The molecule has 0 aliphatic heterocycles. The average Bonchev–Trinajstić information content (AvgIpc) is 2.85. The highest BCUT2D eigenvalue weighted by atomic mass is 16.5. The van der Waals surface area contributed by atoms with Crippen molar-refractivity contribution in [3.05, 3.63) is 59.7 Å². The Hall–Kier alpha value is -3.94. The minimum Gasteiger partial charge on any atom is -0.497 e. The van der Waals surface area contributed by atoms with Crippen molar-refractivity contribution in [2.45, 2.75) is 6.54 Å². The van der Waals surface area contributed by atoms with Gasteiger partial charge in [-0.2, -0.15) is 0 Å². The van der Waals surface area contributed by atoms with Crippen LogP contribution in [0.5, 0.6) is 23.0 Å². The van der Waals surface area contributed by atoms with E-state index in [4.69, 9.17) is 23.7 Å². The fourth-order valence-electron chi connectivity index (χ4n) is 3.36. The Morgan fingerprint density at radius 3 is 2.06 bits per heavy atom. The third kappa shape index (κ3) is 5.46. The number of ether oxygens (including phenoxy) is 5. The van der Waals surface area contributed by atoms with E-state index in [9.17, 15) is 9.59 Å². The maximum absolute atomic E-state index is 12.6. The predicted molar refractivity (Wildman–Crippen MR) is 123 cm³/mol. The second kappa shape index (κ2) is 10.6. The van der Waals surface area contributed by atoms with Crippen LogP contribution in [-0.4, -0.2) is 58.9 Å². The van der Waals surface area contributed by atoms with Gasteiger partial charge in [-0.15, -0.1) is 0 Å². The molecule has 0 spiro atoms. The van der Waals surface area contributed by atoms with E-state index in [0.717, 1.165) is 22.1 Å². The number of fused-ring (bicyclic) bond motifs is 1. The molecule has 8 heteroatoms. The van der Waals surface area contributed by atoms with Gasteiger partial charge in [-0.05, 0) is 34.5 Å². The van der Waals surface area contributed by atoms with Crippen LogP contribution in [0.1, 0.15) is 15.9 Å². The van der Waals surface area contributed by atoms with Crippen LogP contribution in [0.15, 0.2) is 48.5 Å². The summed E-state index contributed by atoms with van der Waals surface area (Å²) >= 11 is 0. The lowest BCUT2D eigenvalue weighted by molar-refractivity contribution is -0.133. The summed E-state index contributed by atoms with van der Waals surface area (Å²) in [5.41, 5.74) is 1.09. The molecule has 0 saturated heterocycles. The molecule has 0 aromatic heterocycles. The number of nitrogens with zero attached hydrogens (tertiary/aromatic N) is 1. The molecule has 33 heavy (non-hydrogen) atoms. The van der Waals surface area contributed by atoms with E-state index in [1.165, 1.54) is 38.4 Å².